The molecule has 110 valence electrons. The summed E-state index contributed by atoms with van der Waals surface area (Å²) in [4.78, 5) is 5.17. The van der Waals surface area contributed by atoms with Gasteiger partial charge in [0.25, 0.3) is 0 Å². The average Bonchev–Trinajstić information content (AvgIpc) is 2.46. The Labute approximate surface area is 136 Å². The van der Waals surface area contributed by atoms with E-state index in [1.165, 1.54) is 32.3 Å². The molecular weight excluding hydrogens is 298 g/mol. The summed E-state index contributed by atoms with van der Waals surface area (Å²) in [7, 11) is 0. The van der Waals surface area contributed by atoms with Crippen LogP contribution >= 0.6 is 23.4 Å². The Bertz CT molecular complexity index is 602. The van der Waals surface area contributed by atoms with Crippen molar-refractivity contribution in [3.8, 4) is 0 Å². The summed E-state index contributed by atoms with van der Waals surface area (Å²) in [6.45, 7) is 5.34. The molecule has 0 bridgehead atoms. The maximum Gasteiger partial charge on any atom is 0.0553 e. The van der Waals surface area contributed by atoms with E-state index in [0.29, 0.717) is 0 Å². The van der Waals surface area contributed by atoms with Crippen LogP contribution in [0.4, 0.5) is 11.4 Å². The van der Waals surface area contributed by atoms with Crippen LogP contribution in [-0.4, -0.2) is 12.4 Å². The predicted octanol–water partition coefficient (Wildman–Crippen LogP) is 5.93. The lowest BCUT2D eigenvalue weighted by Gasteiger charge is -2.33. The number of benzene rings is 2. The SMILES string of the molecule is Cc1ccc2c(c1)Sc1cc(C)ccc1N2CCCCCl. The van der Waals surface area contributed by atoms with Crippen molar-refractivity contribution >= 4 is 34.7 Å². The number of hydrogen-bond donors (Lipinski definition) is 0. The minimum Gasteiger partial charge on any atom is -0.340 e. The Morgan fingerprint density at radius 2 is 1.48 bits per heavy atom. The highest BCUT2D eigenvalue weighted by atomic mass is 35.5. The van der Waals surface area contributed by atoms with Gasteiger partial charge in [-0.15, -0.1) is 11.6 Å². The fraction of sp³-hybridized carbons (Fsp3) is 0.333. The second-order valence-corrected chi connectivity index (χ2v) is 7.05. The predicted molar refractivity (Wildman–Crippen MR) is 93.4 cm³/mol. The van der Waals surface area contributed by atoms with Gasteiger partial charge >= 0.3 is 0 Å². The molecule has 0 aromatic heterocycles. The third kappa shape index (κ3) is 3.07. The van der Waals surface area contributed by atoms with Crippen LogP contribution < -0.4 is 4.90 Å². The van der Waals surface area contributed by atoms with Gasteiger partial charge in [-0.05, 0) is 62.1 Å². The Balaban J connectivity index is 2.01. The molecule has 0 aliphatic carbocycles. The Hall–Kier alpha value is -1.12. The van der Waals surface area contributed by atoms with E-state index >= 15 is 0 Å². The second kappa shape index (κ2) is 6.33. The van der Waals surface area contributed by atoms with Crippen molar-refractivity contribution in [2.24, 2.45) is 0 Å². The van der Waals surface area contributed by atoms with Crippen molar-refractivity contribution in [1.29, 1.82) is 0 Å². The van der Waals surface area contributed by atoms with Gasteiger partial charge in [-0.1, -0.05) is 23.9 Å². The molecule has 2 aromatic carbocycles. The molecule has 0 amide bonds. The zero-order chi connectivity index (χ0) is 14.8. The number of anilines is 2. The van der Waals surface area contributed by atoms with E-state index in [9.17, 15) is 0 Å². The molecule has 3 rings (SSSR count). The van der Waals surface area contributed by atoms with Crippen molar-refractivity contribution in [3.05, 3.63) is 47.5 Å². The van der Waals surface area contributed by atoms with Crippen LogP contribution in [0.3, 0.4) is 0 Å². The summed E-state index contributed by atoms with van der Waals surface area (Å²) in [5.41, 5.74) is 5.30. The zero-order valence-electron chi connectivity index (χ0n) is 12.5. The molecule has 1 aliphatic rings. The molecule has 2 aromatic rings. The highest BCUT2D eigenvalue weighted by Crippen LogP contribution is 2.48. The van der Waals surface area contributed by atoms with E-state index in [-0.39, 0.29) is 0 Å². The standard InChI is InChI=1S/C18H20ClNS/c1-13-5-7-15-17(11-13)21-18-12-14(2)6-8-16(18)20(15)10-4-3-9-19/h5-8,11-12H,3-4,9-10H2,1-2H3. The lowest BCUT2D eigenvalue weighted by atomic mass is 10.1. The summed E-state index contributed by atoms with van der Waals surface area (Å²) in [6.07, 6.45) is 2.18. The van der Waals surface area contributed by atoms with Crippen LogP contribution in [0.5, 0.6) is 0 Å². The molecule has 0 radical (unpaired) electrons. The Morgan fingerprint density at radius 1 is 0.905 bits per heavy atom. The van der Waals surface area contributed by atoms with Crippen molar-refractivity contribution in [3.63, 3.8) is 0 Å². The number of fused-ring (bicyclic) bond motifs is 2. The van der Waals surface area contributed by atoms with E-state index in [1.807, 2.05) is 11.8 Å². The minimum absolute atomic E-state index is 0.740. The zero-order valence-corrected chi connectivity index (χ0v) is 14.1. The molecule has 0 saturated carbocycles. The third-order valence-electron chi connectivity index (χ3n) is 3.80. The molecule has 0 N–H and O–H groups in total. The summed E-state index contributed by atoms with van der Waals surface area (Å²) in [5.74, 6) is 0.740. The summed E-state index contributed by atoms with van der Waals surface area (Å²) < 4.78 is 0. The number of nitrogens with zero attached hydrogens (tertiary/aromatic N) is 1. The van der Waals surface area contributed by atoms with Crippen LogP contribution in [0.15, 0.2) is 46.2 Å². The first-order valence-corrected chi connectivity index (χ1v) is 8.77. The van der Waals surface area contributed by atoms with Crippen LogP contribution in [-0.2, 0) is 0 Å². The molecule has 0 unspecified atom stereocenters. The minimum atomic E-state index is 0.740. The van der Waals surface area contributed by atoms with Gasteiger partial charge in [0, 0.05) is 22.2 Å². The monoisotopic (exact) mass is 317 g/mol. The normalized spacial score (nSPS) is 13.0. The first-order chi connectivity index (χ1) is 10.2. The van der Waals surface area contributed by atoms with Crippen molar-refractivity contribution in [2.75, 3.05) is 17.3 Å². The fourth-order valence-electron chi connectivity index (χ4n) is 2.71. The number of rotatable bonds is 4. The molecular formula is C18H20ClNS. The van der Waals surface area contributed by atoms with Gasteiger partial charge in [0.05, 0.1) is 11.4 Å². The number of unbranched alkanes of at least 4 members (excludes halogenated alkanes) is 1. The number of alkyl halides is 1. The summed E-state index contributed by atoms with van der Waals surface area (Å²) in [5, 5.41) is 0. The number of hydrogen-bond acceptors (Lipinski definition) is 2. The van der Waals surface area contributed by atoms with Crippen molar-refractivity contribution < 1.29 is 0 Å². The molecule has 1 nitrogen and oxygen atoms in total. The molecule has 0 spiro atoms. The van der Waals surface area contributed by atoms with Crippen LogP contribution in [0.25, 0.3) is 0 Å². The summed E-state index contributed by atoms with van der Waals surface area (Å²) in [6, 6.07) is 13.5. The Kier molecular flexibility index (Phi) is 4.46. The molecule has 1 heterocycles. The molecule has 0 atom stereocenters. The number of halogens is 1. The third-order valence-corrected chi connectivity index (χ3v) is 5.16. The second-order valence-electron chi connectivity index (χ2n) is 5.59. The van der Waals surface area contributed by atoms with E-state index < -0.39 is 0 Å². The molecule has 0 fully saturated rings. The van der Waals surface area contributed by atoms with Gasteiger partial charge in [0.15, 0.2) is 0 Å². The van der Waals surface area contributed by atoms with Crippen LogP contribution in [0, 0.1) is 13.8 Å². The van der Waals surface area contributed by atoms with Crippen LogP contribution in [0.1, 0.15) is 24.0 Å². The van der Waals surface area contributed by atoms with E-state index in [0.717, 1.165) is 25.3 Å². The lowest BCUT2D eigenvalue weighted by Crippen LogP contribution is -2.22. The highest BCUT2D eigenvalue weighted by molar-refractivity contribution is 7.99. The van der Waals surface area contributed by atoms with Crippen molar-refractivity contribution in [2.45, 2.75) is 36.5 Å². The van der Waals surface area contributed by atoms with E-state index in [1.54, 1.807) is 0 Å². The first-order valence-electron chi connectivity index (χ1n) is 7.42. The fourth-order valence-corrected chi connectivity index (χ4v) is 4.19. The van der Waals surface area contributed by atoms with Gasteiger partial charge < -0.3 is 4.90 Å². The van der Waals surface area contributed by atoms with Gasteiger partial charge in [0.2, 0.25) is 0 Å². The molecule has 3 heteroatoms. The lowest BCUT2D eigenvalue weighted by molar-refractivity contribution is 0.780. The quantitative estimate of drug-likeness (QED) is 0.508. The Morgan fingerprint density at radius 3 is 2.00 bits per heavy atom. The largest absolute Gasteiger partial charge is 0.340 e. The van der Waals surface area contributed by atoms with Gasteiger partial charge in [-0.3, -0.25) is 0 Å². The van der Waals surface area contributed by atoms with E-state index in [2.05, 4.69) is 55.1 Å². The number of aryl methyl sites for hydroxylation is 2. The average molecular weight is 318 g/mol. The first kappa shape index (κ1) is 14.8. The summed E-state index contributed by atoms with van der Waals surface area (Å²) >= 11 is 7.72. The van der Waals surface area contributed by atoms with Crippen molar-refractivity contribution in [1.82, 2.24) is 0 Å². The van der Waals surface area contributed by atoms with Gasteiger partial charge in [-0.25, -0.2) is 0 Å². The smallest absolute Gasteiger partial charge is 0.0553 e. The van der Waals surface area contributed by atoms with Crippen LogP contribution in [0.2, 0.25) is 0 Å². The topological polar surface area (TPSA) is 3.24 Å². The maximum absolute atomic E-state index is 5.84. The molecule has 1 aliphatic heterocycles. The molecule has 21 heavy (non-hydrogen) atoms. The van der Waals surface area contributed by atoms with Gasteiger partial charge in [-0.2, -0.15) is 0 Å². The van der Waals surface area contributed by atoms with Gasteiger partial charge in [0.1, 0.15) is 0 Å². The maximum atomic E-state index is 5.84. The van der Waals surface area contributed by atoms with E-state index in [4.69, 9.17) is 11.6 Å². The molecule has 0 saturated heterocycles. The highest BCUT2D eigenvalue weighted by Gasteiger charge is 2.23.